The maximum Gasteiger partial charge on any atom is 0.0804 e. The molecule has 0 radical (unpaired) electrons. The summed E-state index contributed by atoms with van der Waals surface area (Å²) in [7, 11) is 0. The Morgan fingerprint density at radius 2 is 2.50 bits per heavy atom. The van der Waals surface area contributed by atoms with Crippen LogP contribution < -0.4 is 0 Å². The van der Waals surface area contributed by atoms with Gasteiger partial charge in [-0.15, -0.1) is 6.42 Å². The van der Waals surface area contributed by atoms with Crippen LogP contribution in [-0.4, -0.2) is 5.71 Å². The van der Waals surface area contributed by atoms with Crippen molar-refractivity contribution in [2.24, 2.45) is 0 Å². The average Bonchev–Trinajstić information content (AvgIpc) is 1.65. The summed E-state index contributed by atoms with van der Waals surface area (Å²) in [5.74, 6) is 2.20. The molecule has 1 nitrogen and oxygen atoms in total. The fourth-order valence-electron chi connectivity index (χ4n) is 0.102. The molecular weight excluding hydrogens is 74.1 g/mol. The molecule has 1 heteroatoms. The van der Waals surface area contributed by atoms with E-state index in [9.17, 15) is 0 Å². The molecule has 1 N–H and O–H groups in total. The first kappa shape index (κ1) is 5.23. The van der Waals surface area contributed by atoms with Gasteiger partial charge >= 0.3 is 0 Å². The van der Waals surface area contributed by atoms with E-state index in [1.54, 1.807) is 0 Å². The molecule has 0 aliphatic heterocycles. The fraction of sp³-hybridized carbons (Fsp3) is 0.400. The molecule has 0 saturated carbocycles. The van der Waals surface area contributed by atoms with Crippen molar-refractivity contribution in [3.05, 3.63) is 0 Å². The van der Waals surface area contributed by atoms with Crippen molar-refractivity contribution in [3.8, 4) is 12.3 Å². The van der Waals surface area contributed by atoms with E-state index in [4.69, 9.17) is 11.8 Å². The molecular formula is C5H7N. The monoisotopic (exact) mass is 81.1 g/mol. The van der Waals surface area contributed by atoms with Gasteiger partial charge in [0, 0.05) is 0 Å². The topological polar surface area (TPSA) is 23.9 Å². The van der Waals surface area contributed by atoms with Gasteiger partial charge in [-0.05, 0) is 6.42 Å². The lowest BCUT2D eigenvalue weighted by molar-refractivity contribution is 1.27. The van der Waals surface area contributed by atoms with Gasteiger partial charge in [-0.1, -0.05) is 12.8 Å². The summed E-state index contributed by atoms with van der Waals surface area (Å²) in [6, 6.07) is 0. The van der Waals surface area contributed by atoms with E-state index in [0.717, 1.165) is 0 Å². The molecule has 0 aliphatic rings. The highest BCUT2D eigenvalue weighted by molar-refractivity contribution is 5.96. The molecule has 0 atom stereocenters. The standard InChI is InChI=1S/C5H7N/c1-3-5(6)4-2/h1,6H,4H2,2H3. The summed E-state index contributed by atoms with van der Waals surface area (Å²) in [5.41, 5.74) is 0.370. The van der Waals surface area contributed by atoms with Crippen molar-refractivity contribution in [2.45, 2.75) is 13.3 Å². The van der Waals surface area contributed by atoms with E-state index in [1.165, 1.54) is 0 Å². The third kappa shape index (κ3) is 1.54. The zero-order chi connectivity index (χ0) is 4.99. The summed E-state index contributed by atoms with van der Waals surface area (Å²) in [5, 5.41) is 6.75. The minimum Gasteiger partial charge on any atom is -0.296 e. The number of terminal acetylenes is 1. The lowest BCUT2D eigenvalue weighted by Crippen LogP contribution is -1.83. The van der Waals surface area contributed by atoms with Crippen LogP contribution in [0.5, 0.6) is 0 Å². The minimum atomic E-state index is 0.370. The van der Waals surface area contributed by atoms with Gasteiger partial charge in [0.25, 0.3) is 0 Å². The van der Waals surface area contributed by atoms with E-state index in [0.29, 0.717) is 12.1 Å². The van der Waals surface area contributed by atoms with Gasteiger partial charge < -0.3 is 0 Å². The lowest BCUT2D eigenvalue weighted by atomic mass is 10.3. The predicted octanol–water partition coefficient (Wildman–Crippen LogP) is 1.05. The molecule has 0 bridgehead atoms. The Bertz CT molecular complexity index is 86.6. The minimum absolute atomic E-state index is 0.370. The summed E-state index contributed by atoms with van der Waals surface area (Å²) >= 11 is 0. The molecule has 0 aromatic heterocycles. The molecule has 0 heterocycles. The van der Waals surface area contributed by atoms with Gasteiger partial charge in [0.2, 0.25) is 0 Å². The second-order valence-corrected chi connectivity index (χ2v) is 0.976. The van der Waals surface area contributed by atoms with E-state index >= 15 is 0 Å². The molecule has 0 aliphatic carbocycles. The first-order valence-electron chi connectivity index (χ1n) is 1.85. The largest absolute Gasteiger partial charge is 0.296 e. The molecule has 32 valence electrons. The van der Waals surface area contributed by atoms with Crippen molar-refractivity contribution >= 4 is 5.71 Å². The quantitative estimate of drug-likeness (QED) is 0.360. The van der Waals surface area contributed by atoms with Crippen LogP contribution in [-0.2, 0) is 0 Å². The van der Waals surface area contributed by atoms with E-state index in [1.807, 2.05) is 6.92 Å². The Kier molecular flexibility index (Phi) is 2.15. The van der Waals surface area contributed by atoms with Crippen LogP contribution in [0.3, 0.4) is 0 Å². The van der Waals surface area contributed by atoms with Gasteiger partial charge in [0.05, 0.1) is 5.71 Å². The molecule has 0 unspecified atom stereocenters. The Morgan fingerprint density at radius 1 is 2.00 bits per heavy atom. The van der Waals surface area contributed by atoms with Gasteiger partial charge in [-0.2, -0.15) is 0 Å². The van der Waals surface area contributed by atoms with Gasteiger partial charge in [-0.25, -0.2) is 0 Å². The summed E-state index contributed by atoms with van der Waals surface area (Å²) in [6.07, 6.45) is 5.49. The maximum atomic E-state index is 6.75. The maximum absolute atomic E-state index is 6.75. The van der Waals surface area contributed by atoms with Crippen LogP contribution >= 0.6 is 0 Å². The number of hydrogen-bond donors (Lipinski definition) is 1. The normalized spacial score (nSPS) is 6.67. The molecule has 0 spiro atoms. The first-order chi connectivity index (χ1) is 2.81. The van der Waals surface area contributed by atoms with Crippen molar-refractivity contribution < 1.29 is 0 Å². The highest BCUT2D eigenvalue weighted by Gasteiger charge is 1.76. The van der Waals surface area contributed by atoms with Crippen LogP contribution in [0.4, 0.5) is 0 Å². The Morgan fingerprint density at radius 3 is 2.50 bits per heavy atom. The van der Waals surface area contributed by atoms with Gasteiger partial charge in [-0.3, -0.25) is 5.41 Å². The highest BCUT2D eigenvalue weighted by Crippen LogP contribution is 1.73. The van der Waals surface area contributed by atoms with Crippen LogP contribution in [0.25, 0.3) is 0 Å². The summed E-state index contributed by atoms with van der Waals surface area (Å²) < 4.78 is 0. The third-order valence-electron chi connectivity index (χ3n) is 0.528. The molecule has 0 saturated heterocycles. The molecule has 0 amide bonds. The van der Waals surface area contributed by atoms with E-state index in [-0.39, 0.29) is 0 Å². The molecule has 0 rings (SSSR count). The highest BCUT2D eigenvalue weighted by atomic mass is 14.4. The van der Waals surface area contributed by atoms with Crippen molar-refractivity contribution in [3.63, 3.8) is 0 Å². The van der Waals surface area contributed by atoms with E-state index in [2.05, 4.69) is 5.92 Å². The smallest absolute Gasteiger partial charge is 0.0804 e. The molecule has 6 heavy (non-hydrogen) atoms. The molecule has 0 fully saturated rings. The predicted molar refractivity (Wildman–Crippen MR) is 26.9 cm³/mol. The van der Waals surface area contributed by atoms with Crippen LogP contribution in [0.2, 0.25) is 0 Å². The van der Waals surface area contributed by atoms with Gasteiger partial charge in [0.15, 0.2) is 0 Å². The second kappa shape index (κ2) is 2.47. The number of nitrogens with one attached hydrogen (secondary N) is 1. The second-order valence-electron chi connectivity index (χ2n) is 0.976. The van der Waals surface area contributed by atoms with Crippen LogP contribution in [0.1, 0.15) is 13.3 Å². The fourth-order valence-corrected chi connectivity index (χ4v) is 0.102. The van der Waals surface area contributed by atoms with Crippen molar-refractivity contribution in [2.75, 3.05) is 0 Å². The SMILES string of the molecule is C#CC(=N)CC. The Labute approximate surface area is 37.9 Å². The summed E-state index contributed by atoms with van der Waals surface area (Å²) in [6.45, 7) is 1.86. The van der Waals surface area contributed by atoms with Gasteiger partial charge in [0.1, 0.15) is 0 Å². The first-order valence-corrected chi connectivity index (χ1v) is 1.85. The van der Waals surface area contributed by atoms with Crippen molar-refractivity contribution in [1.29, 1.82) is 5.41 Å². The van der Waals surface area contributed by atoms with Crippen LogP contribution in [0, 0.1) is 17.8 Å². The van der Waals surface area contributed by atoms with Crippen molar-refractivity contribution in [1.82, 2.24) is 0 Å². The zero-order valence-corrected chi connectivity index (χ0v) is 3.78. The number of hydrogen-bond acceptors (Lipinski definition) is 1. The third-order valence-corrected chi connectivity index (χ3v) is 0.528. The van der Waals surface area contributed by atoms with Crippen LogP contribution in [0.15, 0.2) is 0 Å². The summed E-state index contributed by atoms with van der Waals surface area (Å²) in [4.78, 5) is 0. The molecule has 0 aromatic rings. The van der Waals surface area contributed by atoms with E-state index < -0.39 is 0 Å². The number of rotatable bonds is 1. The zero-order valence-electron chi connectivity index (χ0n) is 3.78. The average molecular weight is 81.1 g/mol. The molecule has 0 aromatic carbocycles. The lowest BCUT2D eigenvalue weighted by Gasteiger charge is -1.77. The Hall–Kier alpha value is -0.770. The Balaban J connectivity index is 3.33.